The van der Waals surface area contributed by atoms with Gasteiger partial charge in [-0.1, -0.05) is 346 Å². The molecule has 0 N–H and O–H groups in total. The predicted molar refractivity (Wildman–Crippen MR) is 568 cm³/mol. The van der Waals surface area contributed by atoms with E-state index in [4.69, 9.17) is 0 Å². The average molecular weight is 1650 g/mol. The summed E-state index contributed by atoms with van der Waals surface area (Å²) in [5, 5.41) is 0. The van der Waals surface area contributed by atoms with Gasteiger partial charge < -0.3 is 0 Å². The van der Waals surface area contributed by atoms with Crippen LogP contribution in [0, 0.1) is 23.7 Å². The van der Waals surface area contributed by atoms with Crippen molar-refractivity contribution in [2.45, 2.75) is 454 Å². The quantitative estimate of drug-likeness (QED) is 0.0421. The first-order valence-electron chi connectivity index (χ1n) is 47.9. The van der Waals surface area contributed by atoms with Gasteiger partial charge in [0.1, 0.15) is 0 Å². The van der Waals surface area contributed by atoms with Crippen molar-refractivity contribution in [1.82, 2.24) is 0 Å². The Morgan fingerprint density at radius 2 is 0.533 bits per heavy atom. The van der Waals surface area contributed by atoms with Gasteiger partial charge in [-0.15, -0.1) is 6.58 Å². The van der Waals surface area contributed by atoms with Crippen molar-refractivity contribution in [3.05, 3.63) is 285 Å². The topological polar surface area (TPSA) is 0 Å². The lowest BCUT2D eigenvalue weighted by atomic mass is 9.98. The lowest BCUT2D eigenvalue weighted by Gasteiger charge is -2.08. The Morgan fingerprint density at radius 3 is 0.900 bits per heavy atom. The molecule has 0 aromatic carbocycles. The van der Waals surface area contributed by atoms with Crippen LogP contribution in [0.1, 0.15) is 454 Å². The van der Waals surface area contributed by atoms with Crippen LogP contribution >= 0.6 is 0 Å². The molecule has 0 aliphatic rings. The Hall–Kier alpha value is -6.24. The first-order chi connectivity index (χ1) is 56.5. The van der Waals surface area contributed by atoms with Crippen molar-refractivity contribution in [3.63, 3.8) is 0 Å². The van der Waals surface area contributed by atoms with Crippen LogP contribution in [-0.2, 0) is 0 Å². The van der Waals surface area contributed by atoms with Crippen LogP contribution in [-0.4, -0.2) is 0 Å². The Balaban J connectivity index is -0.000000199. The maximum absolute atomic E-state index is 4.02. The molecule has 2 atom stereocenters. The summed E-state index contributed by atoms with van der Waals surface area (Å²) in [6.07, 6.45) is 90.2. The van der Waals surface area contributed by atoms with Crippen LogP contribution in [0.15, 0.2) is 285 Å². The van der Waals surface area contributed by atoms with E-state index < -0.39 is 0 Å². The molecule has 0 aromatic rings. The molecule has 0 saturated heterocycles. The molecule has 0 heterocycles. The van der Waals surface area contributed by atoms with Crippen molar-refractivity contribution >= 4 is 0 Å². The molecule has 0 spiro atoms. The summed E-state index contributed by atoms with van der Waals surface area (Å²) < 4.78 is 0. The largest absolute Gasteiger partial charge is 0.103 e. The fraction of sp³-hybridized carbons (Fsp3) is 0.600. The molecular weight excluding hydrogens is 1440 g/mol. The molecule has 0 aliphatic carbocycles. The summed E-state index contributed by atoms with van der Waals surface area (Å²) in [5.41, 5.74) is 28.7. The number of allylic oxidation sites excluding steroid dienone is 42. The van der Waals surface area contributed by atoms with Crippen LogP contribution in [0.2, 0.25) is 0 Å². The molecule has 0 rings (SSSR count). The second-order valence-corrected chi connectivity index (χ2v) is 36.9. The van der Waals surface area contributed by atoms with Gasteiger partial charge in [0.25, 0.3) is 0 Å². The second-order valence-electron chi connectivity index (χ2n) is 36.9. The van der Waals surface area contributed by atoms with Crippen molar-refractivity contribution < 1.29 is 0 Å². The monoisotopic (exact) mass is 1650 g/mol. The number of hydrogen-bond donors (Lipinski definition) is 0. The molecule has 120 heavy (non-hydrogen) atoms. The maximum Gasteiger partial charge on any atom is -0.0161 e. The van der Waals surface area contributed by atoms with Gasteiger partial charge in [0.05, 0.1) is 0 Å². The smallest absolute Gasteiger partial charge is 0.0161 e. The molecule has 0 aromatic heterocycles. The van der Waals surface area contributed by atoms with E-state index in [1.54, 1.807) is 0 Å². The molecular formula is C120H208. The molecule has 0 radical (unpaired) electrons. The highest BCUT2D eigenvalue weighted by atomic mass is 14.1. The Bertz CT molecular complexity index is 3160. The zero-order chi connectivity index (χ0) is 93.5. The molecule has 0 nitrogen and oxygen atoms in total. The lowest BCUT2D eigenvalue weighted by molar-refractivity contribution is 0.501. The van der Waals surface area contributed by atoms with E-state index in [1.165, 1.54) is 273 Å². The van der Waals surface area contributed by atoms with Crippen LogP contribution in [0.4, 0.5) is 0 Å². The van der Waals surface area contributed by atoms with Gasteiger partial charge in [-0.2, -0.15) is 0 Å². The first-order valence-corrected chi connectivity index (χ1v) is 47.9. The molecule has 2 unspecified atom stereocenters. The highest BCUT2D eigenvalue weighted by molar-refractivity contribution is 5.17. The lowest BCUT2D eigenvalue weighted by Crippen LogP contribution is -1.93. The van der Waals surface area contributed by atoms with Gasteiger partial charge in [0, 0.05) is 0 Å². The summed E-state index contributed by atoms with van der Waals surface area (Å²) in [7, 11) is 0. The van der Waals surface area contributed by atoms with Gasteiger partial charge >= 0.3 is 0 Å². The van der Waals surface area contributed by atoms with Gasteiger partial charge in [-0.3, -0.25) is 0 Å². The summed E-state index contributed by atoms with van der Waals surface area (Å²) in [5.74, 6) is 3.14. The molecule has 0 saturated carbocycles. The fourth-order valence-corrected chi connectivity index (χ4v) is 11.3. The van der Waals surface area contributed by atoms with Crippen molar-refractivity contribution in [2.24, 2.45) is 23.7 Å². The van der Waals surface area contributed by atoms with Gasteiger partial charge in [-0.25, -0.2) is 0 Å². The van der Waals surface area contributed by atoms with Crippen molar-refractivity contribution in [1.29, 1.82) is 0 Å². The van der Waals surface area contributed by atoms with E-state index in [0.29, 0.717) is 5.92 Å². The summed E-state index contributed by atoms with van der Waals surface area (Å²) in [6.45, 7) is 97.6. The minimum atomic E-state index is 0.645. The molecule has 0 heteroatoms. The summed E-state index contributed by atoms with van der Waals surface area (Å²) >= 11 is 0. The van der Waals surface area contributed by atoms with Gasteiger partial charge in [-0.05, 0) is 409 Å². The second kappa shape index (κ2) is 95.0. The van der Waals surface area contributed by atoms with Crippen molar-refractivity contribution in [3.8, 4) is 0 Å². The minimum absolute atomic E-state index is 0.645. The third-order valence-electron chi connectivity index (χ3n) is 20.9. The zero-order valence-corrected chi connectivity index (χ0v) is 87.3. The van der Waals surface area contributed by atoms with E-state index in [1.807, 2.05) is 24.3 Å². The van der Waals surface area contributed by atoms with Crippen molar-refractivity contribution in [2.75, 3.05) is 0 Å². The molecule has 0 bridgehead atoms. The first kappa shape index (κ1) is 129. The van der Waals surface area contributed by atoms with E-state index in [-0.39, 0.29) is 0 Å². The fourth-order valence-electron chi connectivity index (χ4n) is 11.3. The van der Waals surface area contributed by atoms with Crippen LogP contribution < -0.4 is 0 Å². The molecule has 688 valence electrons. The SMILES string of the molecule is C/C=C(\C)CC/C=C(\C)CCC=C(C)C.C/C=C(\C)CCC/C(C)=C/CC=C(C)C.C=C(CC)CC/C=C(\C)CCC=C(C)C.C=C/C(C)=C/C/C=C(\C)CCCC(C)C.C=C/C(C)=C/CCC(C)CCC=C(C)C.C=CC(=C)CC/C=C(\C)CCCC(C)C.C=CC(C)CC/C=C(\C)CCC=C(C)C.CC/C(C)=C/C/C=C(\C)CCC=C(C)C. The Kier molecular flexibility index (Phi) is 102. The molecule has 0 fully saturated rings. The maximum atomic E-state index is 4.02. The van der Waals surface area contributed by atoms with Gasteiger partial charge in [0.2, 0.25) is 0 Å². The Labute approximate surface area is 757 Å². The van der Waals surface area contributed by atoms with E-state index >= 15 is 0 Å². The minimum Gasteiger partial charge on any atom is -0.103 e. The Morgan fingerprint density at radius 1 is 0.250 bits per heavy atom. The third-order valence-corrected chi connectivity index (χ3v) is 20.9. The summed E-state index contributed by atoms with van der Waals surface area (Å²) in [6, 6.07) is 0. The third kappa shape index (κ3) is 123. The van der Waals surface area contributed by atoms with Crippen LogP contribution in [0.25, 0.3) is 0 Å². The molecule has 0 amide bonds. The van der Waals surface area contributed by atoms with Gasteiger partial charge in [0.15, 0.2) is 0 Å². The van der Waals surface area contributed by atoms with Crippen LogP contribution in [0.5, 0.6) is 0 Å². The average Bonchev–Trinajstić information content (AvgIpc) is 1.06. The highest BCUT2D eigenvalue weighted by Crippen LogP contribution is 2.21. The molecule has 0 aliphatic heterocycles. The van der Waals surface area contributed by atoms with E-state index in [2.05, 4.69) is 384 Å². The summed E-state index contributed by atoms with van der Waals surface area (Å²) in [4.78, 5) is 0. The number of rotatable bonds is 54. The zero-order valence-electron chi connectivity index (χ0n) is 87.3. The van der Waals surface area contributed by atoms with E-state index in [0.717, 1.165) is 74.7 Å². The standard InChI is InChI=1S/8C15H26/c8*1-6-14(4)10-8-12-15(5)11-7-9-13(2)3/h9-10,12H,6-8,11H2,1-5H3;6,9,12H,7-8,10-11H2,1-5H3;6,9,11H,7-8,10,12H2,1-5H3;9,12H,4,6-8,10-11H2,1-3,5H3;6,10,12-13H,1,7-9,11H2,2-5H3;6,9,12,14H,1,7-8,10-11H2,2-5H3;6,9-10,15H,1,7-8,11-12H2,2-5H3;6,12-13H,1,4,7-11H2,2-3,5H3/b14-10+,15-12+;14-6+,15-12+;14-6+,15-11+;15-12+;14-10+,15-12+;15-12+;14-10+;15-12+. The predicted octanol–water partition coefficient (Wildman–Crippen LogP) is 42.8. The van der Waals surface area contributed by atoms with Crippen LogP contribution in [0.3, 0.4) is 0 Å². The normalized spacial score (nSPS) is 12.8. The highest BCUT2D eigenvalue weighted by Gasteiger charge is 2.02. The number of hydrogen-bond acceptors (Lipinski definition) is 0. The van der Waals surface area contributed by atoms with E-state index in [9.17, 15) is 0 Å².